The summed E-state index contributed by atoms with van der Waals surface area (Å²) in [5.74, 6) is 1.15. The molecule has 2 aliphatic heterocycles. The average Bonchev–Trinajstić information content (AvgIpc) is 3.22. The molecule has 2 heterocycles. The van der Waals surface area contributed by atoms with E-state index in [1.807, 2.05) is 131 Å². The Morgan fingerprint density at radius 3 is 1.05 bits per heavy atom. The van der Waals surface area contributed by atoms with Crippen LogP contribution in [-0.2, 0) is 30.5 Å². The van der Waals surface area contributed by atoms with E-state index in [1.165, 1.54) is 0 Å². The molecule has 0 radical (unpaired) electrons. The van der Waals surface area contributed by atoms with Crippen LogP contribution in [0.2, 0.25) is 0 Å². The number of anilines is 2. The van der Waals surface area contributed by atoms with Gasteiger partial charge in [-0.25, -0.2) is 9.98 Å². The molecular formula is C38H50Cl2N10O4Pt. The summed E-state index contributed by atoms with van der Waals surface area (Å²) in [6.45, 7) is 5.12. The Balaban J connectivity index is 0.000000926. The first-order chi connectivity index (χ1) is 25.5. The van der Waals surface area contributed by atoms with E-state index < -0.39 is 0 Å². The average molecular weight is 977 g/mol. The molecule has 0 amide bonds. The summed E-state index contributed by atoms with van der Waals surface area (Å²) < 4.78 is 10.7. The molecule has 0 aliphatic carbocycles. The zero-order valence-electron chi connectivity index (χ0n) is 30.8. The fourth-order valence-corrected chi connectivity index (χ4v) is 5.08. The maximum Gasteiger partial charge on any atom is 2.00 e. The van der Waals surface area contributed by atoms with Crippen LogP contribution in [0.15, 0.2) is 131 Å². The molecule has 8 N–H and O–H groups in total. The number of morpholine rings is 2. The molecule has 4 aromatic rings. The molecule has 0 unspecified atom stereocenters. The second kappa shape index (κ2) is 28.8. The van der Waals surface area contributed by atoms with Crippen LogP contribution in [0.1, 0.15) is 0 Å². The second-order valence-corrected chi connectivity index (χ2v) is 10.8. The molecule has 55 heavy (non-hydrogen) atoms. The number of aliphatic hydroxyl groups is 2. The van der Waals surface area contributed by atoms with Crippen molar-refractivity contribution in [2.24, 2.45) is 21.5 Å². The van der Waals surface area contributed by atoms with Crippen LogP contribution in [0.4, 0.5) is 22.7 Å². The van der Waals surface area contributed by atoms with Gasteiger partial charge in [0.1, 0.15) is 0 Å². The van der Waals surface area contributed by atoms with Gasteiger partial charge in [-0.3, -0.25) is 20.6 Å². The van der Waals surface area contributed by atoms with Crippen molar-refractivity contribution in [2.45, 2.75) is 0 Å². The van der Waals surface area contributed by atoms with Crippen molar-refractivity contribution in [1.82, 2.24) is 9.80 Å². The standard InChI is InChI=1S/2C18H21N5O.2CH4O.2ClH.Pt/c2*19-17(21-15-7-3-1-4-8-15)23(16-9-5-2-6-10-16)18(20)22-11-13-24-14-12-22;2*1-2;;;/h2*1-10,20H,11-14H2,(H2,19,21);2*2H,1H3;2*1H;/q;;;;;;+2/p-2. The Labute approximate surface area is 350 Å². The summed E-state index contributed by atoms with van der Waals surface area (Å²) in [7, 11) is 2.00. The number of halogens is 2. The van der Waals surface area contributed by atoms with Crippen LogP contribution in [0.3, 0.4) is 0 Å². The summed E-state index contributed by atoms with van der Waals surface area (Å²) in [6, 6.07) is 38.3. The minimum atomic E-state index is 0. The molecule has 2 saturated heterocycles. The van der Waals surface area contributed by atoms with Gasteiger partial charge in [0.05, 0.1) is 49.2 Å². The number of benzene rings is 4. The molecule has 0 saturated carbocycles. The third kappa shape index (κ3) is 16.0. The molecule has 17 heteroatoms. The van der Waals surface area contributed by atoms with Crippen LogP contribution in [0.25, 0.3) is 0 Å². The van der Waals surface area contributed by atoms with E-state index in [1.54, 1.807) is 9.80 Å². The van der Waals surface area contributed by atoms with Gasteiger partial charge in [-0.05, 0) is 48.5 Å². The number of hydrogen-bond acceptors (Lipinski definition) is 8. The van der Waals surface area contributed by atoms with Gasteiger partial charge < -0.3 is 65.8 Å². The van der Waals surface area contributed by atoms with Crippen molar-refractivity contribution in [3.63, 3.8) is 0 Å². The van der Waals surface area contributed by atoms with Gasteiger partial charge in [0.15, 0.2) is 0 Å². The number of rotatable bonds is 4. The van der Waals surface area contributed by atoms with Crippen molar-refractivity contribution in [2.75, 3.05) is 76.6 Å². The van der Waals surface area contributed by atoms with Crippen LogP contribution >= 0.6 is 0 Å². The zero-order chi connectivity index (χ0) is 37.6. The molecule has 0 atom stereocenters. The quantitative estimate of drug-likeness (QED) is 0.0988. The van der Waals surface area contributed by atoms with Crippen molar-refractivity contribution in [3.05, 3.63) is 121 Å². The summed E-state index contributed by atoms with van der Waals surface area (Å²) >= 11 is 0. The smallest absolute Gasteiger partial charge is 1.00 e. The van der Waals surface area contributed by atoms with Crippen LogP contribution in [0, 0.1) is 10.8 Å². The van der Waals surface area contributed by atoms with E-state index in [9.17, 15) is 0 Å². The normalized spacial score (nSPS) is 13.5. The third-order valence-corrected chi connectivity index (χ3v) is 7.53. The Hall–Kier alpha value is -4.53. The largest absolute Gasteiger partial charge is 2.00 e. The maximum atomic E-state index is 8.61. The van der Waals surface area contributed by atoms with Crippen molar-refractivity contribution in [3.8, 4) is 0 Å². The number of para-hydroxylation sites is 4. The summed E-state index contributed by atoms with van der Waals surface area (Å²) in [4.78, 5) is 16.2. The SMILES string of the molecule is CO.CO.N=C(N1CCOCC1)N(C(N)=Nc1ccccc1)c1ccccc1.N=C(N1CCOCC1)N(C(N)=Nc1ccccc1)c1ccccc1.[Cl-].[Cl-].[Pt+2]. The number of nitrogens with zero attached hydrogens (tertiary/aromatic N) is 6. The predicted octanol–water partition coefficient (Wildman–Crippen LogP) is -1.96. The summed E-state index contributed by atoms with van der Waals surface area (Å²) in [6.07, 6.45) is 0. The van der Waals surface area contributed by atoms with Gasteiger partial charge in [-0.2, -0.15) is 0 Å². The van der Waals surface area contributed by atoms with Crippen molar-refractivity contribution >= 4 is 46.6 Å². The molecule has 6 rings (SSSR count). The first-order valence-electron chi connectivity index (χ1n) is 16.7. The Morgan fingerprint density at radius 2 is 0.782 bits per heavy atom. The third-order valence-electron chi connectivity index (χ3n) is 7.53. The zero-order valence-corrected chi connectivity index (χ0v) is 34.6. The van der Waals surface area contributed by atoms with E-state index >= 15 is 0 Å². The number of nitrogens with one attached hydrogen (secondary N) is 2. The monoisotopic (exact) mass is 975 g/mol. The molecule has 0 aromatic heterocycles. The molecule has 4 aromatic carbocycles. The number of nitrogens with two attached hydrogens (primary N) is 2. The predicted molar refractivity (Wildman–Crippen MR) is 210 cm³/mol. The molecule has 2 fully saturated rings. The number of guanidine groups is 4. The molecular weight excluding hydrogens is 926 g/mol. The van der Waals surface area contributed by atoms with E-state index in [2.05, 4.69) is 9.98 Å². The van der Waals surface area contributed by atoms with E-state index in [4.69, 9.17) is 42.0 Å². The Kier molecular flexibility index (Phi) is 26.5. The van der Waals surface area contributed by atoms with Gasteiger partial charge in [0.25, 0.3) is 0 Å². The van der Waals surface area contributed by atoms with Gasteiger partial charge in [-0.1, -0.05) is 72.8 Å². The number of ether oxygens (including phenoxy) is 2. The fourth-order valence-electron chi connectivity index (χ4n) is 5.08. The van der Waals surface area contributed by atoms with Crippen LogP contribution < -0.4 is 46.1 Å². The van der Waals surface area contributed by atoms with Crippen molar-refractivity contribution < 1.29 is 65.6 Å². The fraction of sp³-hybridized carbons (Fsp3) is 0.263. The summed E-state index contributed by atoms with van der Waals surface area (Å²) in [5.41, 5.74) is 15.7. The van der Waals surface area contributed by atoms with Crippen LogP contribution in [-0.4, -0.2) is 111 Å². The van der Waals surface area contributed by atoms with Crippen LogP contribution in [0.5, 0.6) is 0 Å². The first-order valence-corrected chi connectivity index (χ1v) is 16.7. The molecule has 300 valence electrons. The van der Waals surface area contributed by atoms with Gasteiger partial charge in [0, 0.05) is 40.4 Å². The van der Waals surface area contributed by atoms with E-state index in [-0.39, 0.29) is 57.8 Å². The summed E-state index contributed by atoms with van der Waals surface area (Å²) in [5, 5.41) is 31.2. The topological polar surface area (TPSA) is 196 Å². The number of aliphatic hydroxyl groups excluding tert-OH is 2. The molecule has 0 spiro atoms. The Bertz CT molecular complexity index is 1550. The van der Waals surface area contributed by atoms with E-state index in [0.717, 1.165) is 37.0 Å². The van der Waals surface area contributed by atoms with Gasteiger partial charge >= 0.3 is 21.1 Å². The molecule has 14 nitrogen and oxygen atoms in total. The second-order valence-electron chi connectivity index (χ2n) is 10.8. The Morgan fingerprint density at radius 1 is 0.527 bits per heavy atom. The number of hydrogen-bond donors (Lipinski definition) is 6. The van der Waals surface area contributed by atoms with Crippen molar-refractivity contribution in [1.29, 1.82) is 10.8 Å². The van der Waals surface area contributed by atoms with Gasteiger partial charge in [-0.15, -0.1) is 0 Å². The maximum absolute atomic E-state index is 8.61. The minimum absolute atomic E-state index is 0. The first kappa shape index (κ1) is 50.5. The van der Waals surface area contributed by atoms with Gasteiger partial charge in [0.2, 0.25) is 23.8 Å². The minimum Gasteiger partial charge on any atom is -1.00 e. The van der Waals surface area contributed by atoms with E-state index in [0.29, 0.717) is 64.5 Å². The molecule has 0 bridgehead atoms. The molecule has 2 aliphatic rings. The number of aliphatic imine (C=N–C) groups is 2.